The van der Waals surface area contributed by atoms with E-state index in [1.165, 1.54) is 17.7 Å². The van der Waals surface area contributed by atoms with Gasteiger partial charge in [-0.2, -0.15) is 0 Å². The van der Waals surface area contributed by atoms with Crippen LogP contribution in [0, 0.1) is 11.3 Å². The highest BCUT2D eigenvalue weighted by molar-refractivity contribution is 6.31. The van der Waals surface area contributed by atoms with Crippen LogP contribution < -0.4 is 10.2 Å². The smallest absolute Gasteiger partial charge is 0.0474 e. The summed E-state index contributed by atoms with van der Waals surface area (Å²) in [6, 6.07) is 6.77. The van der Waals surface area contributed by atoms with Gasteiger partial charge >= 0.3 is 0 Å². The van der Waals surface area contributed by atoms with E-state index in [1.807, 2.05) is 7.05 Å². The Hall–Kier alpha value is -0.730. The van der Waals surface area contributed by atoms with Crippen molar-refractivity contribution in [1.82, 2.24) is 5.32 Å². The van der Waals surface area contributed by atoms with Crippen LogP contribution in [0.1, 0.15) is 45.7 Å². The fourth-order valence-corrected chi connectivity index (χ4v) is 3.26. The maximum Gasteiger partial charge on any atom is 0.0474 e. The summed E-state index contributed by atoms with van der Waals surface area (Å²) in [5.41, 5.74) is 2.82. The normalized spacial score (nSPS) is 21.3. The van der Waals surface area contributed by atoms with Gasteiger partial charge in [-0.25, -0.2) is 0 Å². The lowest BCUT2D eigenvalue weighted by Crippen LogP contribution is -2.25. The molecule has 1 fully saturated rings. The molecule has 2 rings (SSSR count). The molecule has 2 unspecified atom stereocenters. The molecule has 1 aromatic carbocycles. The number of benzene rings is 1. The van der Waals surface area contributed by atoms with Crippen LogP contribution in [-0.2, 0) is 0 Å². The minimum absolute atomic E-state index is 0.289. The number of hydrogen-bond donors (Lipinski definition) is 1. The van der Waals surface area contributed by atoms with E-state index in [1.54, 1.807) is 0 Å². The first-order valence-electron chi connectivity index (χ1n) is 7.54. The molecule has 2 nitrogen and oxygen atoms in total. The fourth-order valence-electron chi connectivity index (χ4n) is 2.92. The van der Waals surface area contributed by atoms with E-state index in [-0.39, 0.29) is 6.04 Å². The van der Waals surface area contributed by atoms with Crippen molar-refractivity contribution < 1.29 is 0 Å². The molecule has 0 amide bonds. The van der Waals surface area contributed by atoms with Crippen LogP contribution >= 0.6 is 11.6 Å². The van der Waals surface area contributed by atoms with Gasteiger partial charge in [-0.1, -0.05) is 38.4 Å². The molecule has 0 radical (unpaired) electrons. The Bertz CT molecular complexity index is 465. The van der Waals surface area contributed by atoms with Crippen molar-refractivity contribution in [3.05, 3.63) is 28.8 Å². The van der Waals surface area contributed by atoms with Crippen LogP contribution in [0.4, 0.5) is 5.69 Å². The van der Waals surface area contributed by atoms with Gasteiger partial charge in [0, 0.05) is 29.8 Å². The number of nitrogens with zero attached hydrogens (tertiary/aromatic N) is 1. The second-order valence-electron chi connectivity index (χ2n) is 7.01. The van der Waals surface area contributed by atoms with Gasteiger partial charge in [0.15, 0.2) is 0 Å². The molecule has 0 spiro atoms. The molecular weight excluding hydrogens is 268 g/mol. The standard InChI is InChI=1S/C17H27ClN2/c1-12(19-5)15-7-6-14(10-16(15)18)20-9-8-13(11-20)17(2,3)4/h6-7,10,12-13,19H,8-9,11H2,1-5H3. The molecule has 0 aromatic heterocycles. The quantitative estimate of drug-likeness (QED) is 0.883. The number of anilines is 1. The lowest BCUT2D eigenvalue weighted by Gasteiger charge is -2.27. The fraction of sp³-hybridized carbons (Fsp3) is 0.647. The Morgan fingerprint density at radius 2 is 2.05 bits per heavy atom. The molecule has 1 aromatic rings. The van der Waals surface area contributed by atoms with Crippen LogP contribution in [0.3, 0.4) is 0 Å². The van der Waals surface area contributed by atoms with Crippen LogP contribution in [-0.4, -0.2) is 20.1 Å². The highest BCUT2D eigenvalue weighted by Crippen LogP contribution is 2.37. The van der Waals surface area contributed by atoms with Crippen molar-refractivity contribution in [1.29, 1.82) is 0 Å². The van der Waals surface area contributed by atoms with E-state index in [2.05, 4.69) is 56.1 Å². The topological polar surface area (TPSA) is 15.3 Å². The summed E-state index contributed by atoms with van der Waals surface area (Å²) in [5.74, 6) is 0.761. The number of halogens is 1. The van der Waals surface area contributed by atoms with E-state index in [0.717, 1.165) is 24.0 Å². The Morgan fingerprint density at radius 1 is 1.35 bits per heavy atom. The van der Waals surface area contributed by atoms with Crippen LogP contribution in [0.2, 0.25) is 5.02 Å². The lowest BCUT2D eigenvalue weighted by molar-refractivity contribution is 0.263. The van der Waals surface area contributed by atoms with E-state index < -0.39 is 0 Å². The summed E-state index contributed by atoms with van der Waals surface area (Å²) in [6.07, 6.45) is 1.27. The molecule has 2 atom stereocenters. The third-order valence-corrected chi connectivity index (χ3v) is 4.99. The summed E-state index contributed by atoms with van der Waals surface area (Å²) in [6.45, 7) is 11.4. The SMILES string of the molecule is CNC(C)c1ccc(N2CCC(C(C)(C)C)C2)cc1Cl. The minimum Gasteiger partial charge on any atom is -0.371 e. The summed E-state index contributed by atoms with van der Waals surface area (Å²) in [7, 11) is 1.96. The summed E-state index contributed by atoms with van der Waals surface area (Å²) >= 11 is 6.44. The lowest BCUT2D eigenvalue weighted by atomic mass is 9.80. The number of rotatable bonds is 3. The predicted molar refractivity (Wildman–Crippen MR) is 88.7 cm³/mol. The highest BCUT2D eigenvalue weighted by Gasteiger charge is 2.31. The average molecular weight is 295 g/mol. The Labute approximate surface area is 128 Å². The van der Waals surface area contributed by atoms with Gasteiger partial charge in [0.2, 0.25) is 0 Å². The third kappa shape index (κ3) is 3.29. The highest BCUT2D eigenvalue weighted by atomic mass is 35.5. The molecule has 1 heterocycles. The van der Waals surface area contributed by atoms with Gasteiger partial charge in [0.1, 0.15) is 0 Å². The van der Waals surface area contributed by atoms with Crippen LogP contribution in [0.5, 0.6) is 0 Å². The Kier molecular flexibility index (Phi) is 4.66. The molecule has 3 heteroatoms. The molecule has 0 bridgehead atoms. The molecule has 112 valence electrons. The van der Waals surface area contributed by atoms with Gasteiger partial charge < -0.3 is 10.2 Å². The maximum atomic E-state index is 6.44. The summed E-state index contributed by atoms with van der Waals surface area (Å²) in [5, 5.41) is 4.10. The largest absolute Gasteiger partial charge is 0.371 e. The molecule has 1 N–H and O–H groups in total. The van der Waals surface area contributed by atoms with Crippen molar-refractivity contribution in [2.24, 2.45) is 11.3 Å². The summed E-state index contributed by atoms with van der Waals surface area (Å²) < 4.78 is 0. The van der Waals surface area contributed by atoms with Crippen molar-refractivity contribution in [3.8, 4) is 0 Å². The molecule has 1 aliphatic rings. The average Bonchev–Trinajstić information content (AvgIpc) is 2.87. The van der Waals surface area contributed by atoms with Crippen molar-refractivity contribution in [2.45, 2.75) is 40.2 Å². The van der Waals surface area contributed by atoms with E-state index >= 15 is 0 Å². The zero-order valence-corrected chi connectivity index (χ0v) is 14.1. The Balaban J connectivity index is 2.14. The first kappa shape index (κ1) is 15.7. The molecule has 1 saturated heterocycles. The van der Waals surface area contributed by atoms with E-state index in [9.17, 15) is 0 Å². The maximum absolute atomic E-state index is 6.44. The van der Waals surface area contributed by atoms with Crippen molar-refractivity contribution in [2.75, 3.05) is 25.0 Å². The second kappa shape index (κ2) is 5.95. The second-order valence-corrected chi connectivity index (χ2v) is 7.42. The first-order chi connectivity index (χ1) is 9.32. The van der Waals surface area contributed by atoms with Gasteiger partial charge in [0.05, 0.1) is 0 Å². The van der Waals surface area contributed by atoms with Gasteiger partial charge in [-0.15, -0.1) is 0 Å². The molecule has 1 aliphatic heterocycles. The zero-order chi connectivity index (χ0) is 14.9. The van der Waals surface area contributed by atoms with Crippen molar-refractivity contribution >= 4 is 17.3 Å². The predicted octanol–water partition coefficient (Wildman–Crippen LogP) is 4.49. The number of nitrogens with one attached hydrogen (secondary N) is 1. The van der Waals surface area contributed by atoms with Gasteiger partial charge in [-0.3, -0.25) is 0 Å². The van der Waals surface area contributed by atoms with Gasteiger partial charge in [0.25, 0.3) is 0 Å². The van der Waals surface area contributed by atoms with E-state index in [0.29, 0.717) is 5.41 Å². The van der Waals surface area contributed by atoms with Crippen LogP contribution in [0.15, 0.2) is 18.2 Å². The molecule has 0 saturated carbocycles. The first-order valence-corrected chi connectivity index (χ1v) is 7.92. The van der Waals surface area contributed by atoms with Crippen LogP contribution in [0.25, 0.3) is 0 Å². The van der Waals surface area contributed by atoms with Crippen molar-refractivity contribution in [3.63, 3.8) is 0 Å². The molecule has 0 aliphatic carbocycles. The number of hydrogen-bond acceptors (Lipinski definition) is 2. The van der Waals surface area contributed by atoms with Gasteiger partial charge in [-0.05, 0) is 49.4 Å². The molecule has 20 heavy (non-hydrogen) atoms. The minimum atomic E-state index is 0.289. The molecular formula is C17H27ClN2. The third-order valence-electron chi connectivity index (χ3n) is 4.66. The van der Waals surface area contributed by atoms with E-state index in [4.69, 9.17) is 11.6 Å². The zero-order valence-electron chi connectivity index (χ0n) is 13.3. The Morgan fingerprint density at radius 3 is 2.55 bits per heavy atom. The summed E-state index contributed by atoms with van der Waals surface area (Å²) in [4.78, 5) is 2.47. The monoisotopic (exact) mass is 294 g/mol.